The first kappa shape index (κ1) is 22.5. The Balaban J connectivity index is 1.66. The molecule has 1 amide bonds. The number of halogens is 1. The zero-order valence-corrected chi connectivity index (χ0v) is 19.3. The van der Waals surface area contributed by atoms with Gasteiger partial charge in [0.2, 0.25) is 5.91 Å². The van der Waals surface area contributed by atoms with E-state index < -0.39 is 9.84 Å². The van der Waals surface area contributed by atoms with E-state index in [1.807, 2.05) is 0 Å². The fourth-order valence-electron chi connectivity index (χ4n) is 4.07. The summed E-state index contributed by atoms with van der Waals surface area (Å²) in [6.07, 6.45) is 13.2. The highest BCUT2D eigenvalue weighted by molar-refractivity contribution is 7.90. The quantitative estimate of drug-likeness (QED) is 0.454. The summed E-state index contributed by atoms with van der Waals surface area (Å²) in [5, 5.41) is 0.0570. The molecule has 0 atom stereocenters. The molecule has 7 nitrogen and oxygen atoms in total. The minimum Gasteiger partial charge on any atom is -0.472 e. The maximum Gasteiger partial charge on any atom is 0.232 e. The summed E-state index contributed by atoms with van der Waals surface area (Å²) < 4.78 is 29.0. The summed E-state index contributed by atoms with van der Waals surface area (Å²) in [5.74, 6) is 0.772. The van der Waals surface area contributed by atoms with Gasteiger partial charge in [-0.25, -0.2) is 13.4 Å². The van der Waals surface area contributed by atoms with Crippen molar-refractivity contribution in [1.82, 2.24) is 9.97 Å². The molecule has 1 fully saturated rings. The van der Waals surface area contributed by atoms with Crippen molar-refractivity contribution in [3.63, 3.8) is 0 Å². The molecule has 0 unspecified atom stereocenters. The van der Waals surface area contributed by atoms with Crippen LogP contribution in [0.1, 0.15) is 38.5 Å². The summed E-state index contributed by atoms with van der Waals surface area (Å²) in [6.45, 7) is 0. The van der Waals surface area contributed by atoms with Crippen LogP contribution >= 0.6 is 11.6 Å². The fourth-order valence-corrected chi connectivity index (χ4v) is 5.39. The second-order valence-corrected chi connectivity index (χ2v) is 10.5. The largest absolute Gasteiger partial charge is 0.472 e. The monoisotopic (exact) mass is 473 g/mol. The van der Waals surface area contributed by atoms with Gasteiger partial charge in [-0.05, 0) is 36.6 Å². The van der Waals surface area contributed by atoms with Crippen LogP contribution in [0, 0.1) is 5.92 Å². The maximum absolute atomic E-state index is 13.3. The number of amides is 1. The Kier molecular flexibility index (Phi) is 6.62. The molecule has 3 aromatic rings. The lowest BCUT2D eigenvalue weighted by atomic mass is 10.0. The van der Waals surface area contributed by atoms with Gasteiger partial charge in [0.15, 0.2) is 15.7 Å². The Labute approximate surface area is 192 Å². The number of nitrogens with zero attached hydrogens (tertiary/aromatic N) is 3. The van der Waals surface area contributed by atoms with Crippen molar-refractivity contribution in [2.45, 2.75) is 43.4 Å². The number of carbonyl (C=O) groups is 1. The van der Waals surface area contributed by atoms with E-state index in [1.54, 1.807) is 30.9 Å². The van der Waals surface area contributed by atoms with E-state index in [0.29, 0.717) is 29.5 Å². The third-order valence-corrected chi connectivity index (χ3v) is 7.33. The van der Waals surface area contributed by atoms with Crippen LogP contribution in [0.15, 0.2) is 58.5 Å². The van der Waals surface area contributed by atoms with Gasteiger partial charge in [-0.1, -0.05) is 37.3 Å². The molecule has 0 aliphatic heterocycles. The third-order valence-electron chi connectivity index (χ3n) is 5.75. The second kappa shape index (κ2) is 9.42. The average molecular weight is 474 g/mol. The number of furan rings is 1. The van der Waals surface area contributed by atoms with Crippen LogP contribution in [0.3, 0.4) is 0 Å². The molecule has 1 aliphatic carbocycles. The van der Waals surface area contributed by atoms with Crippen molar-refractivity contribution >= 4 is 38.9 Å². The molecule has 1 saturated carbocycles. The molecule has 0 radical (unpaired) electrons. The van der Waals surface area contributed by atoms with Gasteiger partial charge in [-0.15, -0.1) is 0 Å². The number of hydrogen-bond donors (Lipinski definition) is 0. The number of benzene rings is 1. The minimum absolute atomic E-state index is 0.0164. The summed E-state index contributed by atoms with van der Waals surface area (Å²) >= 11 is 6.26. The standard InChI is InChI=1S/C23H24ClN3O4S/c1-32(29,30)21-8-7-18(12-19(21)24)27(23(28)9-6-16-4-2-3-5-16)22-14-25-20(13-26-22)17-10-11-31-15-17/h7-8,10-16H,2-6,9H2,1H3. The van der Waals surface area contributed by atoms with Crippen LogP contribution in [0.5, 0.6) is 0 Å². The Morgan fingerprint density at radius 3 is 2.56 bits per heavy atom. The van der Waals surface area contributed by atoms with Gasteiger partial charge in [0.05, 0.1) is 46.2 Å². The van der Waals surface area contributed by atoms with E-state index in [0.717, 1.165) is 31.1 Å². The molecule has 4 rings (SSSR count). The third kappa shape index (κ3) is 5.02. The van der Waals surface area contributed by atoms with Crippen molar-refractivity contribution in [2.24, 2.45) is 5.92 Å². The molecular formula is C23H24ClN3O4S. The highest BCUT2D eigenvalue weighted by Crippen LogP contribution is 2.33. The summed E-state index contributed by atoms with van der Waals surface area (Å²) in [7, 11) is -3.49. The van der Waals surface area contributed by atoms with Crippen molar-refractivity contribution < 1.29 is 17.6 Å². The molecule has 0 bridgehead atoms. The van der Waals surface area contributed by atoms with Crippen molar-refractivity contribution in [3.8, 4) is 11.3 Å². The number of carbonyl (C=O) groups excluding carboxylic acids is 1. The van der Waals surface area contributed by atoms with Crippen molar-refractivity contribution in [2.75, 3.05) is 11.2 Å². The lowest BCUT2D eigenvalue weighted by molar-refractivity contribution is -0.118. The van der Waals surface area contributed by atoms with Gasteiger partial charge < -0.3 is 4.42 Å². The molecule has 1 aliphatic rings. The number of aromatic nitrogens is 2. The van der Waals surface area contributed by atoms with Crippen LogP contribution < -0.4 is 4.90 Å². The molecule has 0 saturated heterocycles. The van der Waals surface area contributed by atoms with E-state index >= 15 is 0 Å². The fraction of sp³-hybridized carbons (Fsp3) is 0.348. The predicted molar refractivity (Wildman–Crippen MR) is 123 cm³/mol. The van der Waals surface area contributed by atoms with Crippen LogP contribution in [0.4, 0.5) is 11.5 Å². The molecule has 2 heterocycles. The molecule has 0 N–H and O–H groups in total. The van der Waals surface area contributed by atoms with Crippen molar-refractivity contribution in [1.29, 1.82) is 0 Å². The summed E-state index contributed by atoms with van der Waals surface area (Å²) in [5.41, 5.74) is 1.85. The van der Waals surface area contributed by atoms with Gasteiger partial charge in [0.1, 0.15) is 0 Å². The zero-order valence-electron chi connectivity index (χ0n) is 17.7. The van der Waals surface area contributed by atoms with Crippen LogP contribution in [0.2, 0.25) is 5.02 Å². The summed E-state index contributed by atoms with van der Waals surface area (Å²) in [4.78, 5) is 23.6. The smallest absolute Gasteiger partial charge is 0.232 e. The minimum atomic E-state index is -3.49. The lowest BCUT2D eigenvalue weighted by Gasteiger charge is -2.23. The van der Waals surface area contributed by atoms with Gasteiger partial charge in [0.25, 0.3) is 0 Å². The molecule has 2 aromatic heterocycles. The Morgan fingerprint density at radius 2 is 1.97 bits per heavy atom. The number of anilines is 2. The normalized spacial score (nSPS) is 14.6. The van der Waals surface area contributed by atoms with Gasteiger partial charge in [0, 0.05) is 18.2 Å². The molecule has 168 valence electrons. The van der Waals surface area contributed by atoms with E-state index in [4.69, 9.17) is 16.0 Å². The molecule has 9 heteroatoms. The average Bonchev–Trinajstić information content (AvgIpc) is 3.46. The van der Waals surface area contributed by atoms with Gasteiger partial charge in [-0.2, -0.15) is 0 Å². The first-order valence-corrected chi connectivity index (χ1v) is 12.8. The maximum atomic E-state index is 13.3. The zero-order chi connectivity index (χ0) is 22.7. The SMILES string of the molecule is CS(=O)(=O)c1ccc(N(C(=O)CCC2CCCC2)c2cnc(-c3ccoc3)cn2)cc1Cl. The topological polar surface area (TPSA) is 93.4 Å². The number of rotatable bonds is 7. The lowest BCUT2D eigenvalue weighted by Crippen LogP contribution is -2.27. The van der Waals surface area contributed by atoms with E-state index in [2.05, 4.69) is 9.97 Å². The second-order valence-electron chi connectivity index (χ2n) is 8.08. The highest BCUT2D eigenvalue weighted by atomic mass is 35.5. The van der Waals surface area contributed by atoms with Gasteiger partial charge >= 0.3 is 0 Å². The van der Waals surface area contributed by atoms with Gasteiger partial charge in [-0.3, -0.25) is 14.7 Å². The molecule has 0 spiro atoms. The number of sulfone groups is 1. The first-order chi connectivity index (χ1) is 15.3. The Morgan fingerprint density at radius 1 is 1.19 bits per heavy atom. The highest BCUT2D eigenvalue weighted by Gasteiger charge is 2.24. The van der Waals surface area contributed by atoms with E-state index in [-0.39, 0.29) is 15.8 Å². The van der Waals surface area contributed by atoms with E-state index in [9.17, 15) is 13.2 Å². The van der Waals surface area contributed by atoms with Crippen molar-refractivity contribution in [3.05, 3.63) is 54.2 Å². The first-order valence-electron chi connectivity index (χ1n) is 10.5. The number of hydrogen-bond acceptors (Lipinski definition) is 6. The molecule has 32 heavy (non-hydrogen) atoms. The molecular weight excluding hydrogens is 450 g/mol. The van der Waals surface area contributed by atoms with Crippen LogP contribution in [-0.4, -0.2) is 30.5 Å². The molecule has 1 aromatic carbocycles. The van der Waals surface area contributed by atoms with E-state index in [1.165, 1.54) is 36.1 Å². The summed E-state index contributed by atoms with van der Waals surface area (Å²) in [6, 6.07) is 6.24. The Bertz CT molecular complexity index is 1190. The Hall–Kier alpha value is -2.71. The predicted octanol–water partition coefficient (Wildman–Crippen LogP) is 5.43. The van der Waals surface area contributed by atoms with Crippen LogP contribution in [0.25, 0.3) is 11.3 Å². The van der Waals surface area contributed by atoms with Crippen LogP contribution in [-0.2, 0) is 14.6 Å².